The van der Waals surface area contributed by atoms with E-state index in [1.165, 1.54) is 12.1 Å². The van der Waals surface area contributed by atoms with Gasteiger partial charge in [0.1, 0.15) is 5.82 Å². The van der Waals surface area contributed by atoms with Crippen molar-refractivity contribution in [1.82, 2.24) is 0 Å². The SMILES string of the molecule is C=S.CC.Nc1ccc(Br)cc1F. The smallest absolute Gasteiger partial charge is 0.147 e. The summed E-state index contributed by atoms with van der Waals surface area (Å²) in [7, 11) is 0. The summed E-state index contributed by atoms with van der Waals surface area (Å²) in [5, 5.41) is 0. The fourth-order valence-corrected chi connectivity index (χ4v) is 0.835. The number of nitrogen functional groups attached to an aromatic ring is 1. The molecule has 0 unspecified atom stereocenters. The van der Waals surface area contributed by atoms with Crippen molar-refractivity contribution >= 4 is 39.7 Å². The van der Waals surface area contributed by atoms with Crippen molar-refractivity contribution in [3.8, 4) is 0 Å². The van der Waals surface area contributed by atoms with Gasteiger partial charge >= 0.3 is 0 Å². The van der Waals surface area contributed by atoms with Crippen LogP contribution in [0, 0.1) is 5.82 Å². The second-order valence-electron chi connectivity index (χ2n) is 1.67. The number of anilines is 1. The number of benzene rings is 1. The third-order valence-corrected chi connectivity index (χ3v) is 1.46. The van der Waals surface area contributed by atoms with Crippen molar-refractivity contribution in [2.75, 3.05) is 5.73 Å². The van der Waals surface area contributed by atoms with E-state index in [1.807, 2.05) is 13.8 Å². The van der Waals surface area contributed by atoms with Gasteiger partial charge in [-0.25, -0.2) is 4.39 Å². The van der Waals surface area contributed by atoms with E-state index >= 15 is 0 Å². The lowest BCUT2D eigenvalue weighted by Crippen LogP contribution is -1.88. The van der Waals surface area contributed by atoms with Crippen LogP contribution in [-0.2, 0) is 0 Å². The Morgan fingerprint density at radius 3 is 2.15 bits per heavy atom. The zero-order chi connectivity index (χ0) is 10.9. The highest BCUT2D eigenvalue weighted by Crippen LogP contribution is 2.15. The molecule has 1 aromatic carbocycles. The van der Waals surface area contributed by atoms with Gasteiger partial charge in [0.15, 0.2) is 0 Å². The van der Waals surface area contributed by atoms with Gasteiger partial charge in [-0.1, -0.05) is 42.0 Å². The minimum absolute atomic E-state index is 0.179. The third-order valence-electron chi connectivity index (χ3n) is 0.962. The quantitative estimate of drug-likeness (QED) is 0.570. The summed E-state index contributed by atoms with van der Waals surface area (Å²) in [6.45, 7) is 4.00. The summed E-state index contributed by atoms with van der Waals surface area (Å²) >= 11 is 6.93. The molecule has 1 aromatic rings. The molecule has 74 valence electrons. The number of hydrogen-bond donors (Lipinski definition) is 1. The average molecular weight is 266 g/mol. The first kappa shape index (κ1) is 15.0. The predicted molar refractivity (Wildman–Crippen MR) is 64.6 cm³/mol. The van der Waals surface area contributed by atoms with Gasteiger partial charge in [-0.15, -0.1) is 0 Å². The second-order valence-corrected chi connectivity index (χ2v) is 2.58. The molecule has 1 rings (SSSR count). The molecule has 0 aliphatic heterocycles. The van der Waals surface area contributed by atoms with Crippen molar-refractivity contribution in [3.05, 3.63) is 28.5 Å². The van der Waals surface area contributed by atoms with Gasteiger partial charge in [0.25, 0.3) is 0 Å². The molecule has 0 atom stereocenters. The molecule has 0 aromatic heterocycles. The van der Waals surface area contributed by atoms with Gasteiger partial charge < -0.3 is 5.73 Å². The monoisotopic (exact) mass is 265 g/mol. The Kier molecular flexibility index (Phi) is 11.1. The molecule has 0 amide bonds. The Bertz CT molecular complexity index is 243. The van der Waals surface area contributed by atoms with E-state index in [2.05, 4.69) is 34.0 Å². The lowest BCUT2D eigenvalue weighted by molar-refractivity contribution is 0.631. The van der Waals surface area contributed by atoms with Crippen molar-refractivity contribution < 1.29 is 4.39 Å². The summed E-state index contributed by atoms with van der Waals surface area (Å²) in [6, 6.07) is 4.53. The predicted octanol–water partition coefficient (Wildman–Crippen LogP) is 3.81. The zero-order valence-electron chi connectivity index (χ0n) is 7.68. The van der Waals surface area contributed by atoms with Crippen LogP contribution in [0.15, 0.2) is 22.7 Å². The van der Waals surface area contributed by atoms with E-state index < -0.39 is 0 Å². The molecule has 2 N–H and O–H groups in total. The van der Waals surface area contributed by atoms with Crippen LogP contribution < -0.4 is 5.73 Å². The van der Waals surface area contributed by atoms with Crippen LogP contribution in [0.4, 0.5) is 10.1 Å². The Hall–Kier alpha value is -0.480. The molecule has 0 saturated carbocycles. The number of hydrogen-bond acceptors (Lipinski definition) is 2. The van der Waals surface area contributed by atoms with E-state index in [9.17, 15) is 4.39 Å². The summed E-state index contributed by atoms with van der Waals surface area (Å²) in [6.07, 6.45) is 0. The highest BCUT2D eigenvalue weighted by molar-refractivity contribution is 9.10. The van der Waals surface area contributed by atoms with Gasteiger partial charge in [-0.3, -0.25) is 0 Å². The van der Waals surface area contributed by atoms with Crippen molar-refractivity contribution in [3.63, 3.8) is 0 Å². The van der Waals surface area contributed by atoms with Crippen molar-refractivity contribution in [2.45, 2.75) is 13.8 Å². The lowest BCUT2D eigenvalue weighted by Gasteiger charge is -1.93. The van der Waals surface area contributed by atoms with Crippen LogP contribution >= 0.6 is 28.1 Å². The number of thiocarbonyl (C=S) groups is 1. The minimum Gasteiger partial charge on any atom is -0.396 e. The maximum absolute atomic E-state index is 12.4. The average Bonchev–Trinajstić information content (AvgIpc) is 2.18. The van der Waals surface area contributed by atoms with E-state index in [0.717, 1.165) is 0 Å². The summed E-state index contributed by atoms with van der Waals surface area (Å²) in [4.78, 5) is 0. The summed E-state index contributed by atoms with van der Waals surface area (Å²) in [5.41, 5.74) is 5.37. The zero-order valence-corrected chi connectivity index (χ0v) is 10.1. The molecule has 0 aliphatic rings. The van der Waals surface area contributed by atoms with Crippen LogP contribution in [0.2, 0.25) is 0 Å². The maximum Gasteiger partial charge on any atom is 0.147 e. The Labute approximate surface area is 92.3 Å². The molecule has 0 bridgehead atoms. The molecule has 0 radical (unpaired) electrons. The largest absolute Gasteiger partial charge is 0.396 e. The second kappa shape index (κ2) is 9.61. The van der Waals surface area contributed by atoms with E-state index in [0.29, 0.717) is 4.47 Å². The molecule has 4 heteroatoms. The fraction of sp³-hybridized carbons (Fsp3) is 0.222. The molecule has 0 aliphatic carbocycles. The Balaban J connectivity index is 0. The van der Waals surface area contributed by atoms with E-state index in [4.69, 9.17) is 5.73 Å². The first-order valence-corrected chi connectivity index (χ1v) is 5.06. The molecule has 1 nitrogen and oxygen atoms in total. The normalized spacial score (nSPS) is 7.38. The summed E-state index contributed by atoms with van der Waals surface area (Å²) in [5.74, 6) is 2.45. The molecule has 0 heterocycles. The topological polar surface area (TPSA) is 26.0 Å². The van der Waals surface area contributed by atoms with Crippen LogP contribution in [-0.4, -0.2) is 5.87 Å². The molecule has 0 fully saturated rings. The molecule has 13 heavy (non-hydrogen) atoms. The highest BCUT2D eigenvalue weighted by Gasteiger charge is 1.95. The standard InChI is InChI=1S/C6H5BrFN.C2H6.CH2S/c7-4-1-2-6(9)5(8)3-4;2*1-2/h1-3H,9H2;1-2H3;1H2. The molecular weight excluding hydrogens is 253 g/mol. The van der Waals surface area contributed by atoms with Gasteiger partial charge in [-0.05, 0) is 24.1 Å². The molecular formula is C9H13BrFNS. The third kappa shape index (κ3) is 6.66. The number of nitrogens with two attached hydrogens (primary N) is 1. The van der Waals surface area contributed by atoms with Gasteiger partial charge in [0, 0.05) is 4.47 Å². The first-order valence-electron chi connectivity index (χ1n) is 3.69. The Morgan fingerprint density at radius 1 is 1.38 bits per heavy atom. The maximum atomic E-state index is 12.4. The van der Waals surface area contributed by atoms with Gasteiger partial charge in [-0.2, -0.15) is 0 Å². The number of rotatable bonds is 0. The fourth-order valence-electron chi connectivity index (χ4n) is 0.502. The van der Waals surface area contributed by atoms with E-state index in [-0.39, 0.29) is 11.5 Å². The summed E-state index contributed by atoms with van der Waals surface area (Å²) < 4.78 is 13.1. The van der Waals surface area contributed by atoms with Gasteiger partial charge in [0.05, 0.1) is 5.69 Å². The van der Waals surface area contributed by atoms with E-state index in [1.54, 1.807) is 6.07 Å². The Morgan fingerprint density at radius 2 is 1.85 bits per heavy atom. The lowest BCUT2D eigenvalue weighted by atomic mass is 10.3. The molecule has 0 saturated heterocycles. The minimum atomic E-state index is -0.385. The van der Waals surface area contributed by atoms with Crippen molar-refractivity contribution in [1.29, 1.82) is 0 Å². The van der Waals surface area contributed by atoms with Crippen LogP contribution in [0.5, 0.6) is 0 Å². The van der Waals surface area contributed by atoms with Gasteiger partial charge in [0.2, 0.25) is 0 Å². The molecule has 0 spiro atoms. The number of halogens is 2. The van der Waals surface area contributed by atoms with Crippen LogP contribution in [0.25, 0.3) is 0 Å². The highest BCUT2D eigenvalue weighted by atomic mass is 79.9. The van der Waals surface area contributed by atoms with Crippen molar-refractivity contribution in [2.24, 2.45) is 0 Å². The van der Waals surface area contributed by atoms with Crippen LogP contribution in [0.1, 0.15) is 13.8 Å². The first-order chi connectivity index (χ1) is 6.20. The van der Waals surface area contributed by atoms with Crippen LogP contribution in [0.3, 0.4) is 0 Å².